The van der Waals surface area contributed by atoms with E-state index in [1.807, 2.05) is 0 Å². The van der Waals surface area contributed by atoms with Gasteiger partial charge in [-0.1, -0.05) is 64.6 Å². The van der Waals surface area contributed by atoms with Crippen LogP contribution in [0.1, 0.15) is 82.1 Å². The second-order valence-electron chi connectivity index (χ2n) is 8.83. The van der Waals surface area contributed by atoms with Crippen molar-refractivity contribution in [2.24, 2.45) is 5.92 Å². The number of rotatable bonds is 15. The molecule has 1 aromatic carbocycles. The summed E-state index contributed by atoms with van der Waals surface area (Å²) in [6.45, 7) is 10.9. The Kier molecular flexibility index (Phi) is 12.7. The van der Waals surface area contributed by atoms with E-state index in [2.05, 4.69) is 27.7 Å². The number of halogens is 1. The quantitative estimate of drug-likeness (QED) is 0.227. The largest absolute Gasteiger partial charge is 0.380 e. The highest BCUT2D eigenvalue weighted by Gasteiger charge is 2.54. The number of unbranched alkanes of at least 4 members (excludes halogenated alkanes) is 3. The highest BCUT2D eigenvalue weighted by Crippen LogP contribution is 2.51. The summed E-state index contributed by atoms with van der Waals surface area (Å²) >= 11 is 7.64. The molecule has 1 saturated heterocycles. The number of thioether (sulfide) groups is 1. The molecule has 0 spiro atoms. The van der Waals surface area contributed by atoms with Crippen molar-refractivity contribution in [3.05, 3.63) is 34.3 Å². The Hall–Kier alpha value is -0.630. The first-order valence-electron chi connectivity index (χ1n) is 12.4. The maximum absolute atomic E-state index is 12.2. The Bertz CT molecular complexity index is 718. The molecule has 0 aliphatic carbocycles. The Morgan fingerprint density at radius 1 is 1.06 bits per heavy atom. The van der Waals surface area contributed by atoms with Gasteiger partial charge in [0, 0.05) is 30.6 Å². The van der Waals surface area contributed by atoms with Gasteiger partial charge in [0.05, 0.1) is 17.7 Å². The Labute approximate surface area is 208 Å². The first kappa shape index (κ1) is 28.6. The summed E-state index contributed by atoms with van der Waals surface area (Å²) in [4.78, 5) is 10.2. The Morgan fingerprint density at radius 3 is 2.33 bits per heavy atom. The predicted octanol–water partition coefficient (Wildman–Crippen LogP) is 6.24. The second kappa shape index (κ2) is 14.7. The number of benzene rings is 1. The van der Waals surface area contributed by atoms with Gasteiger partial charge in [-0.25, -0.2) is 0 Å². The van der Waals surface area contributed by atoms with Gasteiger partial charge in [0.1, 0.15) is 6.10 Å². The van der Waals surface area contributed by atoms with E-state index in [9.17, 15) is 9.90 Å². The summed E-state index contributed by atoms with van der Waals surface area (Å²) in [6, 6.07) is 5.12. The number of hydrogen-bond acceptors (Lipinski definition) is 6. The molecular weight excluding hydrogens is 460 g/mol. The molecule has 1 N–H and O–H groups in total. The molecule has 5 nitrogen and oxygen atoms in total. The van der Waals surface area contributed by atoms with Crippen molar-refractivity contribution in [1.29, 1.82) is 0 Å². The van der Waals surface area contributed by atoms with Crippen LogP contribution < -0.4 is 0 Å². The first-order valence-corrected chi connectivity index (χ1v) is 13.6. The van der Waals surface area contributed by atoms with Gasteiger partial charge < -0.3 is 19.3 Å². The predicted molar refractivity (Wildman–Crippen MR) is 136 cm³/mol. The number of hydrogen-bond donors (Lipinski definition) is 1. The van der Waals surface area contributed by atoms with Crippen molar-refractivity contribution < 1.29 is 24.1 Å². The third kappa shape index (κ3) is 7.68. The van der Waals surface area contributed by atoms with Crippen LogP contribution in [0.3, 0.4) is 0 Å². The highest BCUT2D eigenvalue weighted by molar-refractivity contribution is 8.00. The zero-order valence-electron chi connectivity index (χ0n) is 20.6. The van der Waals surface area contributed by atoms with Gasteiger partial charge in [-0.3, -0.25) is 4.79 Å². The van der Waals surface area contributed by atoms with Crippen LogP contribution >= 0.6 is 23.4 Å². The second-order valence-corrected chi connectivity index (χ2v) is 10.7. The minimum absolute atomic E-state index is 0.0138. The average molecular weight is 501 g/mol. The minimum Gasteiger partial charge on any atom is -0.380 e. The molecule has 33 heavy (non-hydrogen) atoms. The van der Waals surface area contributed by atoms with Crippen LogP contribution in [0, 0.1) is 5.92 Å². The van der Waals surface area contributed by atoms with E-state index in [0.29, 0.717) is 42.6 Å². The molecule has 0 aromatic heterocycles. The normalized spacial score (nSPS) is 27.6. The summed E-state index contributed by atoms with van der Waals surface area (Å²) < 4.78 is 18.7. The fourth-order valence-electron chi connectivity index (χ4n) is 4.00. The van der Waals surface area contributed by atoms with E-state index in [4.69, 9.17) is 25.8 Å². The van der Waals surface area contributed by atoms with Crippen molar-refractivity contribution in [1.82, 2.24) is 0 Å². The molecule has 1 heterocycles. The van der Waals surface area contributed by atoms with E-state index in [-0.39, 0.29) is 17.3 Å². The van der Waals surface area contributed by atoms with E-state index in [1.54, 1.807) is 18.2 Å². The molecule has 1 unspecified atom stereocenters. The molecule has 1 aromatic rings. The van der Waals surface area contributed by atoms with Gasteiger partial charge in [-0.15, -0.1) is 11.8 Å². The lowest BCUT2D eigenvalue weighted by Gasteiger charge is -2.50. The van der Waals surface area contributed by atoms with E-state index in [1.165, 1.54) is 11.8 Å². The van der Waals surface area contributed by atoms with Crippen LogP contribution in [0.15, 0.2) is 18.2 Å². The lowest BCUT2D eigenvalue weighted by molar-refractivity contribution is -0.162. The van der Waals surface area contributed by atoms with Crippen molar-refractivity contribution in [3.8, 4) is 0 Å². The van der Waals surface area contributed by atoms with Crippen LogP contribution in [0.4, 0.5) is 0 Å². The van der Waals surface area contributed by atoms with Gasteiger partial charge in [0.25, 0.3) is 0 Å². The summed E-state index contributed by atoms with van der Waals surface area (Å²) in [5.74, 6) is 0.123. The lowest BCUT2D eigenvalue weighted by Crippen LogP contribution is -2.57. The van der Waals surface area contributed by atoms with Gasteiger partial charge >= 0.3 is 0 Å². The fourth-order valence-corrected chi connectivity index (χ4v) is 5.76. The Morgan fingerprint density at radius 2 is 1.70 bits per heavy atom. The van der Waals surface area contributed by atoms with E-state index < -0.39 is 11.0 Å². The SMILES string of the molecule is CCCCOC[C@H]1SC(O)(c2ccc(Cl)c(C=O)c2)[C@H](OCCCC)[C@@H](OCCCC)[C@@H]1C. The summed E-state index contributed by atoms with van der Waals surface area (Å²) in [5.41, 5.74) is 0.961. The van der Waals surface area contributed by atoms with Crippen LogP contribution in [0.25, 0.3) is 0 Å². The van der Waals surface area contributed by atoms with Gasteiger partial charge in [0.15, 0.2) is 11.2 Å². The Balaban J connectivity index is 2.42. The summed E-state index contributed by atoms with van der Waals surface area (Å²) in [7, 11) is 0. The molecule has 0 amide bonds. The molecule has 0 radical (unpaired) electrons. The number of ether oxygens (including phenoxy) is 3. The molecule has 1 aliphatic rings. The third-order valence-electron chi connectivity index (χ3n) is 6.18. The summed E-state index contributed by atoms with van der Waals surface area (Å²) in [5, 5.41) is 12.6. The van der Waals surface area contributed by atoms with E-state index >= 15 is 0 Å². The fraction of sp³-hybridized carbons (Fsp3) is 0.731. The number of carbonyl (C=O) groups excluding carboxylic acids is 1. The van der Waals surface area contributed by atoms with Crippen LogP contribution in [0.2, 0.25) is 5.02 Å². The van der Waals surface area contributed by atoms with Crippen LogP contribution in [-0.2, 0) is 19.1 Å². The molecule has 7 heteroatoms. The molecule has 0 bridgehead atoms. The maximum Gasteiger partial charge on any atom is 0.165 e. The topological polar surface area (TPSA) is 65.0 Å². The summed E-state index contributed by atoms with van der Waals surface area (Å²) in [6.07, 6.45) is 5.81. The third-order valence-corrected chi connectivity index (χ3v) is 8.22. The molecule has 1 fully saturated rings. The van der Waals surface area contributed by atoms with Gasteiger partial charge in [0.2, 0.25) is 0 Å². The molecule has 188 valence electrons. The van der Waals surface area contributed by atoms with Crippen molar-refractivity contribution in [2.75, 3.05) is 26.4 Å². The zero-order chi connectivity index (χ0) is 24.3. The number of carbonyl (C=O) groups is 1. The maximum atomic E-state index is 12.2. The van der Waals surface area contributed by atoms with E-state index in [0.717, 1.165) is 44.8 Å². The first-order chi connectivity index (χ1) is 15.9. The molecule has 5 atom stereocenters. The van der Waals surface area contributed by atoms with Gasteiger partial charge in [-0.05, 0) is 42.9 Å². The van der Waals surface area contributed by atoms with Crippen molar-refractivity contribution >= 4 is 29.6 Å². The molecule has 2 rings (SSSR count). The minimum atomic E-state index is -1.39. The monoisotopic (exact) mass is 500 g/mol. The highest BCUT2D eigenvalue weighted by atomic mass is 35.5. The molecular formula is C26H41ClO5S. The zero-order valence-corrected chi connectivity index (χ0v) is 22.1. The number of aldehydes is 1. The molecule has 1 aliphatic heterocycles. The smallest absolute Gasteiger partial charge is 0.165 e. The standard InChI is InChI=1S/C26H41ClO5S/c1-5-8-13-30-18-23-19(4)24(31-14-9-6-2)25(32-15-10-7-3)26(29,33-23)21-11-12-22(27)20(16-21)17-28/h11-12,16-17,19,23-25,29H,5-10,13-15,18H2,1-4H3/t19-,23-,24+,25-,26?/m1/s1. The lowest BCUT2D eigenvalue weighted by atomic mass is 9.88. The van der Waals surface area contributed by atoms with Crippen LogP contribution in [0.5, 0.6) is 0 Å². The number of aliphatic hydroxyl groups is 1. The van der Waals surface area contributed by atoms with Crippen molar-refractivity contribution in [3.63, 3.8) is 0 Å². The average Bonchev–Trinajstić information content (AvgIpc) is 2.81. The van der Waals surface area contributed by atoms with Gasteiger partial charge in [-0.2, -0.15) is 0 Å². The van der Waals surface area contributed by atoms with Crippen LogP contribution in [-0.4, -0.2) is 55.3 Å². The van der Waals surface area contributed by atoms with Crippen molar-refractivity contribution in [2.45, 2.75) is 88.6 Å². The molecule has 0 saturated carbocycles.